The van der Waals surface area contributed by atoms with Gasteiger partial charge in [0.05, 0.1) is 7.11 Å². The van der Waals surface area contributed by atoms with Gasteiger partial charge in [-0.1, -0.05) is 24.3 Å². The van der Waals surface area contributed by atoms with Crippen LogP contribution in [-0.4, -0.2) is 36.8 Å². The van der Waals surface area contributed by atoms with Gasteiger partial charge in [-0.05, 0) is 53.9 Å². The monoisotopic (exact) mass is 396 g/mol. The van der Waals surface area contributed by atoms with E-state index < -0.39 is 0 Å². The normalized spacial score (nSPS) is 11.2. The molecule has 0 aliphatic rings. The van der Waals surface area contributed by atoms with Gasteiger partial charge in [-0.3, -0.25) is 4.90 Å². The minimum absolute atomic E-state index is 0.205. The number of ether oxygens (including phenoxy) is 2. The second kappa shape index (κ2) is 10.8. The predicted octanol–water partition coefficient (Wildman–Crippen LogP) is 4.72. The smallest absolute Gasteiger partial charge is 0.123 e. The van der Waals surface area contributed by atoms with Crippen LogP contribution in [0.15, 0.2) is 66.9 Å². The fourth-order valence-corrected chi connectivity index (χ4v) is 3.44. The topological polar surface area (TPSA) is 26.6 Å². The number of benzene rings is 2. The van der Waals surface area contributed by atoms with Crippen molar-refractivity contribution in [3.05, 3.63) is 89.5 Å². The van der Waals surface area contributed by atoms with E-state index in [-0.39, 0.29) is 5.82 Å². The SMILES string of the molecule is COCCCN(Cc1cccc(OC)c1)Cc1cccn1Cc1ccc(F)cc1. The Morgan fingerprint density at radius 2 is 1.76 bits per heavy atom. The van der Waals surface area contributed by atoms with Gasteiger partial charge in [0.2, 0.25) is 0 Å². The summed E-state index contributed by atoms with van der Waals surface area (Å²) in [6.45, 7) is 4.07. The Morgan fingerprint density at radius 1 is 0.931 bits per heavy atom. The van der Waals surface area contributed by atoms with Crippen LogP contribution in [0, 0.1) is 5.82 Å². The third-order valence-corrected chi connectivity index (χ3v) is 4.94. The van der Waals surface area contributed by atoms with Crippen molar-refractivity contribution in [3.8, 4) is 5.75 Å². The zero-order valence-electron chi connectivity index (χ0n) is 17.2. The van der Waals surface area contributed by atoms with Gasteiger partial charge in [-0.25, -0.2) is 4.39 Å². The summed E-state index contributed by atoms with van der Waals surface area (Å²) in [6, 6.07) is 19.1. The molecule has 3 aromatic rings. The maximum atomic E-state index is 13.2. The van der Waals surface area contributed by atoms with Crippen molar-refractivity contribution in [1.29, 1.82) is 0 Å². The molecule has 0 atom stereocenters. The lowest BCUT2D eigenvalue weighted by atomic mass is 10.2. The van der Waals surface area contributed by atoms with Crippen molar-refractivity contribution < 1.29 is 13.9 Å². The lowest BCUT2D eigenvalue weighted by molar-refractivity contribution is 0.165. The summed E-state index contributed by atoms with van der Waals surface area (Å²) < 4.78 is 26.0. The molecule has 154 valence electrons. The van der Waals surface area contributed by atoms with Crippen molar-refractivity contribution in [3.63, 3.8) is 0 Å². The lowest BCUT2D eigenvalue weighted by Crippen LogP contribution is -2.26. The molecule has 0 saturated heterocycles. The van der Waals surface area contributed by atoms with E-state index in [9.17, 15) is 4.39 Å². The van der Waals surface area contributed by atoms with Crippen molar-refractivity contribution in [1.82, 2.24) is 9.47 Å². The van der Waals surface area contributed by atoms with E-state index in [1.54, 1.807) is 14.2 Å². The Hall–Kier alpha value is -2.63. The summed E-state index contributed by atoms with van der Waals surface area (Å²) >= 11 is 0. The standard InChI is InChI=1S/C24H29FN2O2/c1-28-15-5-13-26(17-21-6-3-8-24(16-21)29-2)19-23-7-4-14-27(23)18-20-9-11-22(25)12-10-20/h3-4,6-12,14,16H,5,13,15,17-19H2,1-2H3. The van der Waals surface area contributed by atoms with E-state index in [0.29, 0.717) is 0 Å². The second-order valence-electron chi connectivity index (χ2n) is 7.16. The van der Waals surface area contributed by atoms with Crippen LogP contribution in [0.1, 0.15) is 23.2 Å². The molecule has 0 aliphatic heterocycles. The number of aromatic nitrogens is 1. The summed E-state index contributed by atoms with van der Waals surface area (Å²) in [6.07, 6.45) is 3.05. The van der Waals surface area contributed by atoms with Gasteiger partial charge in [0, 0.05) is 51.8 Å². The molecule has 1 heterocycles. The van der Waals surface area contributed by atoms with Crippen molar-refractivity contribution in [2.24, 2.45) is 0 Å². The molecule has 3 rings (SSSR count). The molecule has 0 saturated carbocycles. The molecule has 0 N–H and O–H groups in total. The number of hydrogen-bond acceptors (Lipinski definition) is 3. The zero-order chi connectivity index (χ0) is 20.5. The first-order valence-corrected chi connectivity index (χ1v) is 9.90. The minimum Gasteiger partial charge on any atom is -0.497 e. The molecule has 0 bridgehead atoms. The van der Waals surface area contributed by atoms with Gasteiger partial charge in [0.1, 0.15) is 11.6 Å². The van der Waals surface area contributed by atoms with E-state index in [2.05, 4.69) is 39.9 Å². The van der Waals surface area contributed by atoms with Gasteiger partial charge < -0.3 is 14.0 Å². The van der Waals surface area contributed by atoms with Crippen LogP contribution >= 0.6 is 0 Å². The average Bonchev–Trinajstić information content (AvgIpc) is 3.16. The largest absolute Gasteiger partial charge is 0.497 e. The highest BCUT2D eigenvalue weighted by Crippen LogP contribution is 2.17. The maximum absolute atomic E-state index is 13.2. The molecule has 5 heteroatoms. The van der Waals surface area contributed by atoms with Crippen LogP contribution in [0.2, 0.25) is 0 Å². The molecule has 1 aromatic heterocycles. The van der Waals surface area contributed by atoms with Gasteiger partial charge >= 0.3 is 0 Å². The highest BCUT2D eigenvalue weighted by molar-refractivity contribution is 5.28. The fourth-order valence-electron chi connectivity index (χ4n) is 3.44. The van der Waals surface area contributed by atoms with Gasteiger partial charge in [-0.15, -0.1) is 0 Å². The molecular weight excluding hydrogens is 367 g/mol. The first kappa shape index (κ1) is 21.1. The first-order valence-electron chi connectivity index (χ1n) is 9.90. The van der Waals surface area contributed by atoms with E-state index in [1.807, 2.05) is 24.3 Å². The number of nitrogens with zero attached hydrogens (tertiary/aromatic N) is 2. The fraction of sp³-hybridized carbons (Fsp3) is 0.333. The predicted molar refractivity (Wildman–Crippen MR) is 114 cm³/mol. The third-order valence-electron chi connectivity index (χ3n) is 4.94. The highest BCUT2D eigenvalue weighted by atomic mass is 19.1. The first-order chi connectivity index (χ1) is 14.2. The molecule has 4 nitrogen and oxygen atoms in total. The Kier molecular flexibility index (Phi) is 7.85. The Morgan fingerprint density at radius 3 is 2.52 bits per heavy atom. The van der Waals surface area contributed by atoms with Gasteiger partial charge in [-0.2, -0.15) is 0 Å². The summed E-state index contributed by atoms with van der Waals surface area (Å²) in [4.78, 5) is 2.42. The van der Waals surface area contributed by atoms with Crippen LogP contribution in [0.5, 0.6) is 5.75 Å². The molecule has 0 radical (unpaired) electrons. The number of methoxy groups -OCH3 is 2. The Balaban J connectivity index is 1.71. The second-order valence-corrected chi connectivity index (χ2v) is 7.16. The molecule has 0 unspecified atom stereocenters. The summed E-state index contributed by atoms with van der Waals surface area (Å²) in [5.41, 5.74) is 3.54. The van der Waals surface area contributed by atoms with E-state index in [4.69, 9.17) is 9.47 Å². The van der Waals surface area contributed by atoms with Crippen LogP contribution in [0.25, 0.3) is 0 Å². The lowest BCUT2D eigenvalue weighted by Gasteiger charge is -2.23. The van der Waals surface area contributed by atoms with Crippen molar-refractivity contribution >= 4 is 0 Å². The van der Waals surface area contributed by atoms with Crippen LogP contribution in [-0.2, 0) is 24.4 Å². The Bertz CT molecular complexity index is 877. The average molecular weight is 397 g/mol. The number of hydrogen-bond donors (Lipinski definition) is 0. The van der Waals surface area contributed by atoms with E-state index in [0.717, 1.165) is 50.5 Å². The van der Waals surface area contributed by atoms with Crippen LogP contribution in [0.3, 0.4) is 0 Å². The summed E-state index contributed by atoms with van der Waals surface area (Å²) in [7, 11) is 3.43. The third kappa shape index (κ3) is 6.44. The molecule has 29 heavy (non-hydrogen) atoms. The number of rotatable bonds is 11. The quantitative estimate of drug-likeness (QED) is 0.439. The molecule has 0 fully saturated rings. The summed E-state index contributed by atoms with van der Waals surface area (Å²) in [5, 5.41) is 0. The van der Waals surface area contributed by atoms with Crippen molar-refractivity contribution in [2.45, 2.75) is 26.1 Å². The van der Waals surface area contributed by atoms with E-state index in [1.165, 1.54) is 23.4 Å². The maximum Gasteiger partial charge on any atom is 0.123 e. The minimum atomic E-state index is -0.205. The van der Waals surface area contributed by atoms with Gasteiger partial charge in [0.15, 0.2) is 0 Å². The summed E-state index contributed by atoms with van der Waals surface area (Å²) in [5.74, 6) is 0.670. The van der Waals surface area contributed by atoms with E-state index >= 15 is 0 Å². The van der Waals surface area contributed by atoms with Crippen LogP contribution < -0.4 is 4.74 Å². The highest BCUT2D eigenvalue weighted by Gasteiger charge is 2.11. The number of halogens is 1. The molecule has 2 aromatic carbocycles. The Labute approximate surface area is 172 Å². The van der Waals surface area contributed by atoms with Gasteiger partial charge in [0.25, 0.3) is 0 Å². The van der Waals surface area contributed by atoms with Crippen molar-refractivity contribution in [2.75, 3.05) is 27.4 Å². The molecule has 0 aliphatic carbocycles. The molecule has 0 spiro atoms. The molecule has 0 amide bonds. The molecular formula is C24H29FN2O2. The van der Waals surface area contributed by atoms with Crippen LogP contribution in [0.4, 0.5) is 4.39 Å². The zero-order valence-corrected chi connectivity index (χ0v) is 17.2.